The van der Waals surface area contributed by atoms with Crippen LogP contribution in [-0.2, 0) is 16.1 Å². The predicted molar refractivity (Wildman–Crippen MR) is 109 cm³/mol. The highest BCUT2D eigenvalue weighted by Crippen LogP contribution is 2.19. The highest BCUT2D eigenvalue weighted by molar-refractivity contribution is 5.94. The van der Waals surface area contributed by atoms with E-state index in [1.807, 2.05) is 71.3 Å². The van der Waals surface area contributed by atoms with Gasteiger partial charge >= 0.3 is 5.97 Å². The Balaban J connectivity index is 1.53. The maximum atomic E-state index is 12.7. The number of hydrogen-bond acceptors (Lipinski definition) is 4. The Morgan fingerprint density at radius 2 is 1.32 bits per heavy atom. The largest absolute Gasteiger partial charge is 0.490 e. The van der Waals surface area contributed by atoms with Gasteiger partial charge in [-0.3, -0.25) is 9.59 Å². The third kappa shape index (κ3) is 3.60. The number of nitrogens with zero attached hydrogens (tertiary/aromatic N) is 1. The first-order valence-electron chi connectivity index (χ1n) is 9.08. The van der Waals surface area contributed by atoms with Gasteiger partial charge in [0, 0.05) is 10.8 Å². The van der Waals surface area contributed by atoms with Crippen LogP contribution < -0.4 is 10.2 Å². The van der Waals surface area contributed by atoms with E-state index >= 15 is 0 Å². The van der Waals surface area contributed by atoms with Crippen molar-refractivity contribution in [3.63, 3.8) is 0 Å². The van der Waals surface area contributed by atoms with Crippen molar-refractivity contribution in [2.24, 2.45) is 0 Å². The third-order valence-corrected chi connectivity index (χ3v) is 4.52. The number of pyridine rings is 1. The van der Waals surface area contributed by atoms with Gasteiger partial charge in [0.05, 0.1) is 11.0 Å². The van der Waals surface area contributed by atoms with Crippen molar-refractivity contribution in [3.05, 3.63) is 89.1 Å². The van der Waals surface area contributed by atoms with Crippen molar-refractivity contribution in [2.75, 3.05) is 13.2 Å². The van der Waals surface area contributed by atoms with Crippen LogP contribution in [0.25, 0.3) is 21.8 Å². The molecule has 0 radical (unpaired) electrons. The third-order valence-electron chi connectivity index (χ3n) is 4.52. The van der Waals surface area contributed by atoms with Crippen LogP contribution in [0.5, 0.6) is 5.75 Å². The van der Waals surface area contributed by atoms with Crippen LogP contribution >= 0.6 is 0 Å². The number of carbonyl (C=O) groups is 1. The molecule has 0 fully saturated rings. The number of aromatic nitrogens is 1. The summed E-state index contributed by atoms with van der Waals surface area (Å²) in [6.45, 7) is 0.456. The summed E-state index contributed by atoms with van der Waals surface area (Å²) >= 11 is 0. The van der Waals surface area contributed by atoms with Crippen LogP contribution in [0.2, 0.25) is 0 Å². The molecule has 0 bridgehead atoms. The van der Waals surface area contributed by atoms with E-state index in [4.69, 9.17) is 9.47 Å². The minimum Gasteiger partial charge on any atom is -0.490 e. The van der Waals surface area contributed by atoms with Crippen molar-refractivity contribution < 1.29 is 14.3 Å². The highest BCUT2D eigenvalue weighted by atomic mass is 16.6. The van der Waals surface area contributed by atoms with E-state index in [2.05, 4.69) is 0 Å². The average Bonchev–Trinajstić information content (AvgIpc) is 2.75. The van der Waals surface area contributed by atoms with Gasteiger partial charge in [-0.1, -0.05) is 42.5 Å². The first-order chi connectivity index (χ1) is 13.7. The Morgan fingerprint density at radius 3 is 1.96 bits per heavy atom. The fourth-order valence-corrected chi connectivity index (χ4v) is 3.25. The van der Waals surface area contributed by atoms with E-state index in [1.54, 1.807) is 12.1 Å². The molecule has 28 heavy (non-hydrogen) atoms. The van der Waals surface area contributed by atoms with E-state index in [0.29, 0.717) is 21.8 Å². The molecule has 0 unspecified atom stereocenters. The molecule has 0 aliphatic carbocycles. The number of para-hydroxylation sites is 3. The summed E-state index contributed by atoms with van der Waals surface area (Å²) < 4.78 is 12.7. The first-order valence-corrected chi connectivity index (χ1v) is 9.08. The molecule has 5 nitrogen and oxygen atoms in total. The zero-order valence-corrected chi connectivity index (χ0v) is 15.2. The van der Waals surface area contributed by atoms with E-state index in [0.717, 1.165) is 5.75 Å². The van der Waals surface area contributed by atoms with Gasteiger partial charge in [0.2, 0.25) is 0 Å². The topological polar surface area (TPSA) is 57.5 Å². The smallest absolute Gasteiger partial charge is 0.326 e. The maximum Gasteiger partial charge on any atom is 0.326 e. The van der Waals surface area contributed by atoms with Crippen LogP contribution in [-0.4, -0.2) is 23.8 Å². The summed E-state index contributed by atoms with van der Waals surface area (Å²) in [7, 11) is 0. The van der Waals surface area contributed by atoms with Crippen molar-refractivity contribution in [2.45, 2.75) is 6.54 Å². The van der Waals surface area contributed by atoms with E-state index < -0.39 is 0 Å². The molecular weight excluding hydrogens is 354 g/mol. The number of hydrogen-bond donors (Lipinski definition) is 0. The summed E-state index contributed by atoms with van der Waals surface area (Å²) in [6.07, 6.45) is 0. The Morgan fingerprint density at radius 1 is 0.750 bits per heavy atom. The maximum absolute atomic E-state index is 12.7. The molecular formula is C23H19NO4. The molecule has 3 aromatic carbocycles. The SMILES string of the molecule is O=C(Cn1c2ccccc2c(=O)c2ccccc21)OCCOc1ccccc1. The molecule has 1 heterocycles. The summed E-state index contributed by atoms with van der Waals surface area (Å²) in [5.74, 6) is 0.353. The van der Waals surface area contributed by atoms with Crippen LogP contribution in [0.3, 0.4) is 0 Å². The zero-order valence-electron chi connectivity index (χ0n) is 15.2. The molecule has 0 amide bonds. The van der Waals surface area contributed by atoms with Gasteiger partial charge in [-0.05, 0) is 36.4 Å². The van der Waals surface area contributed by atoms with Gasteiger partial charge < -0.3 is 14.0 Å². The monoisotopic (exact) mass is 373 g/mol. The van der Waals surface area contributed by atoms with Crippen molar-refractivity contribution >= 4 is 27.8 Å². The fourth-order valence-electron chi connectivity index (χ4n) is 3.25. The van der Waals surface area contributed by atoms with Crippen LogP contribution in [0.15, 0.2) is 83.7 Å². The normalized spacial score (nSPS) is 10.9. The minimum absolute atomic E-state index is 0.0205. The number of fused-ring (bicyclic) bond motifs is 2. The number of esters is 1. The standard InChI is InChI=1S/C23H19NO4/c25-22(28-15-14-27-17-8-2-1-3-9-17)16-24-20-12-6-4-10-18(20)23(26)19-11-5-7-13-21(19)24/h1-13H,14-16H2. The van der Waals surface area contributed by atoms with Crippen molar-refractivity contribution in [3.8, 4) is 5.75 Å². The molecule has 0 aliphatic heterocycles. The van der Waals surface area contributed by atoms with E-state index in [9.17, 15) is 9.59 Å². The number of ether oxygens (including phenoxy) is 2. The van der Waals surface area contributed by atoms with E-state index in [1.165, 1.54) is 0 Å². The minimum atomic E-state index is -0.379. The van der Waals surface area contributed by atoms with Gasteiger partial charge in [-0.15, -0.1) is 0 Å². The molecule has 0 spiro atoms. The molecule has 1 aromatic heterocycles. The molecule has 0 saturated carbocycles. The summed E-state index contributed by atoms with van der Waals surface area (Å²) in [4.78, 5) is 25.1. The number of benzene rings is 3. The highest BCUT2D eigenvalue weighted by Gasteiger charge is 2.13. The van der Waals surface area contributed by atoms with Crippen LogP contribution in [0.4, 0.5) is 0 Å². The van der Waals surface area contributed by atoms with Crippen LogP contribution in [0.1, 0.15) is 0 Å². The van der Waals surface area contributed by atoms with Crippen LogP contribution in [0, 0.1) is 0 Å². The lowest BCUT2D eigenvalue weighted by Gasteiger charge is -2.14. The molecule has 0 atom stereocenters. The molecule has 0 aliphatic rings. The molecule has 4 aromatic rings. The lowest BCUT2D eigenvalue weighted by molar-refractivity contribution is -0.144. The Hall–Kier alpha value is -3.60. The van der Waals surface area contributed by atoms with Crippen molar-refractivity contribution in [1.82, 2.24) is 4.57 Å². The lowest BCUT2D eigenvalue weighted by atomic mass is 10.1. The summed E-state index contributed by atoms with van der Waals surface area (Å²) in [6, 6.07) is 24.0. The molecule has 4 rings (SSSR count). The summed E-state index contributed by atoms with van der Waals surface area (Å²) in [5.41, 5.74) is 1.39. The Labute approximate surface area is 161 Å². The van der Waals surface area contributed by atoms with Gasteiger partial charge in [0.1, 0.15) is 25.5 Å². The second kappa shape index (κ2) is 7.96. The summed E-state index contributed by atoms with van der Waals surface area (Å²) in [5, 5.41) is 1.17. The second-order valence-electron chi connectivity index (χ2n) is 6.33. The molecule has 0 N–H and O–H groups in total. The van der Waals surface area contributed by atoms with E-state index in [-0.39, 0.29) is 31.2 Å². The number of carbonyl (C=O) groups excluding carboxylic acids is 1. The quantitative estimate of drug-likeness (QED) is 0.293. The predicted octanol–water partition coefficient (Wildman–Crippen LogP) is 3.78. The van der Waals surface area contributed by atoms with Gasteiger partial charge in [-0.2, -0.15) is 0 Å². The van der Waals surface area contributed by atoms with Gasteiger partial charge in [-0.25, -0.2) is 0 Å². The van der Waals surface area contributed by atoms with Gasteiger partial charge in [0.25, 0.3) is 0 Å². The van der Waals surface area contributed by atoms with Crippen molar-refractivity contribution in [1.29, 1.82) is 0 Å². The number of rotatable bonds is 6. The average molecular weight is 373 g/mol. The molecule has 140 valence electrons. The zero-order chi connectivity index (χ0) is 19.3. The second-order valence-corrected chi connectivity index (χ2v) is 6.33. The molecule has 0 saturated heterocycles. The lowest BCUT2D eigenvalue weighted by Crippen LogP contribution is -2.20. The van der Waals surface area contributed by atoms with Gasteiger partial charge in [0.15, 0.2) is 5.43 Å². The fraction of sp³-hybridized carbons (Fsp3) is 0.130. The first kappa shape index (κ1) is 17.8. The Kier molecular flexibility index (Phi) is 5.06. The molecule has 5 heteroatoms. The Bertz CT molecular complexity index is 1120.